The molecule has 2 amide bonds. The molecule has 1 fully saturated rings. The van der Waals surface area contributed by atoms with Gasteiger partial charge in [-0.3, -0.25) is 19.3 Å². The van der Waals surface area contributed by atoms with E-state index in [-0.39, 0.29) is 64.0 Å². The number of nitrogens with one attached hydrogen (secondary N) is 1. The molecule has 0 spiro atoms. The van der Waals surface area contributed by atoms with Crippen LogP contribution in [0.5, 0.6) is 0 Å². The van der Waals surface area contributed by atoms with Crippen molar-refractivity contribution in [2.45, 2.75) is 18.3 Å². The van der Waals surface area contributed by atoms with E-state index in [1.807, 2.05) is 0 Å². The van der Waals surface area contributed by atoms with Crippen LogP contribution < -0.4 is 45.7 Å². The zero-order valence-electron chi connectivity index (χ0n) is 17.5. The summed E-state index contributed by atoms with van der Waals surface area (Å²) in [7, 11) is 0. The molecule has 2 atom stereocenters. The van der Waals surface area contributed by atoms with Crippen molar-refractivity contribution in [3.63, 3.8) is 0 Å². The average Bonchev–Trinajstić information content (AvgIpc) is 3.18. The molecule has 12 nitrogen and oxygen atoms in total. The molecule has 3 N–H and O–H groups in total. The third kappa shape index (κ3) is 6.03. The van der Waals surface area contributed by atoms with Crippen LogP contribution in [0.15, 0.2) is 21.8 Å². The average molecular weight is 509 g/mol. The number of aliphatic carboxylic acids is 1. The summed E-state index contributed by atoms with van der Waals surface area (Å²) in [5, 5.41) is 18.6. The van der Waals surface area contributed by atoms with Crippen LogP contribution in [0.3, 0.4) is 0 Å². The number of alkyl halides is 1. The summed E-state index contributed by atoms with van der Waals surface area (Å²) in [5.41, 5.74) is 5.15. The quantitative estimate of drug-likeness (QED) is 0.0822. The van der Waals surface area contributed by atoms with E-state index < -0.39 is 54.1 Å². The normalized spacial score (nSPS) is 19.8. The Balaban J connectivity index is 0.00000385. The van der Waals surface area contributed by atoms with E-state index in [2.05, 4.69) is 15.5 Å². The second-order valence-electron chi connectivity index (χ2n) is 6.41. The Morgan fingerprint density at radius 1 is 1.45 bits per heavy atom. The van der Waals surface area contributed by atoms with Crippen LogP contribution in [0.1, 0.15) is 12.6 Å². The van der Waals surface area contributed by atoms with Gasteiger partial charge in [0.05, 0.1) is 11.7 Å². The number of fused-ring (bicyclic) bond motifs is 1. The van der Waals surface area contributed by atoms with Gasteiger partial charge < -0.3 is 30.5 Å². The summed E-state index contributed by atoms with van der Waals surface area (Å²) in [5.74, 6) is -3.60. The van der Waals surface area contributed by atoms with Gasteiger partial charge in [-0.25, -0.2) is 9.37 Å². The number of esters is 1. The van der Waals surface area contributed by atoms with Crippen LogP contribution in [0.25, 0.3) is 0 Å². The Morgan fingerprint density at radius 2 is 2.18 bits per heavy atom. The second kappa shape index (κ2) is 11.8. The Morgan fingerprint density at radius 3 is 2.76 bits per heavy atom. The zero-order chi connectivity index (χ0) is 23.4. The SMILES string of the molecule is CC(=O)OCC1=C(C(=O)[O-])N2C(=O)[C@@H](NC(=O)/C(=N\OCCF)c3csc(N)n3)[C@H]2SC1.[Na+]. The van der Waals surface area contributed by atoms with Crippen molar-refractivity contribution >= 4 is 57.7 Å². The molecule has 16 heteroatoms. The predicted molar refractivity (Wildman–Crippen MR) is 109 cm³/mol. The number of carbonyl (C=O) groups excluding carboxylic acids is 4. The topological polar surface area (TPSA) is 176 Å². The van der Waals surface area contributed by atoms with Gasteiger partial charge in [0.15, 0.2) is 10.8 Å². The predicted octanol–water partition coefficient (Wildman–Crippen LogP) is -4.61. The van der Waals surface area contributed by atoms with Crippen LogP contribution in [-0.4, -0.2) is 76.4 Å². The van der Waals surface area contributed by atoms with Gasteiger partial charge in [-0.2, -0.15) is 0 Å². The van der Waals surface area contributed by atoms with Crippen molar-refractivity contribution in [1.29, 1.82) is 0 Å². The molecule has 0 aromatic carbocycles. The van der Waals surface area contributed by atoms with Crippen LogP contribution >= 0.6 is 23.1 Å². The number of nitrogen functional groups attached to an aromatic ring is 1. The number of anilines is 1. The number of β-lactam (4-membered cyclic amide) rings is 1. The number of nitrogens with two attached hydrogens (primary N) is 1. The minimum atomic E-state index is -1.60. The zero-order valence-corrected chi connectivity index (χ0v) is 21.2. The number of thioether (sulfide) groups is 1. The number of amides is 2. The molecule has 2 aliphatic heterocycles. The van der Waals surface area contributed by atoms with Crippen LogP contribution in [-0.2, 0) is 28.8 Å². The minimum absolute atomic E-state index is 0. The summed E-state index contributed by atoms with van der Waals surface area (Å²) in [6.07, 6.45) is 0. The number of oxime groups is 1. The third-order valence-electron chi connectivity index (χ3n) is 4.28. The molecule has 1 aromatic rings. The molecule has 172 valence electrons. The van der Waals surface area contributed by atoms with Gasteiger partial charge in [0.2, 0.25) is 0 Å². The maximum atomic E-state index is 12.8. The summed E-state index contributed by atoms with van der Waals surface area (Å²) < 4.78 is 17.2. The van der Waals surface area contributed by atoms with E-state index in [0.717, 1.165) is 16.2 Å². The Kier molecular flexibility index (Phi) is 9.66. The fourth-order valence-electron chi connectivity index (χ4n) is 2.93. The molecule has 0 unspecified atom stereocenters. The van der Waals surface area contributed by atoms with Gasteiger partial charge >= 0.3 is 35.5 Å². The third-order valence-corrected chi connectivity index (χ3v) is 6.29. The number of carbonyl (C=O) groups is 4. The molecule has 3 heterocycles. The molecule has 0 bridgehead atoms. The van der Waals surface area contributed by atoms with Gasteiger partial charge in [0.1, 0.15) is 37.0 Å². The first-order valence-corrected chi connectivity index (χ1v) is 11.0. The number of aromatic nitrogens is 1. The number of carboxylic acid groups (broad SMARTS) is 1. The van der Waals surface area contributed by atoms with Gasteiger partial charge in [-0.1, -0.05) is 5.16 Å². The molecular weight excluding hydrogens is 492 g/mol. The van der Waals surface area contributed by atoms with E-state index in [1.165, 1.54) is 24.1 Å². The fourth-order valence-corrected chi connectivity index (χ4v) is 4.80. The molecule has 2 aliphatic rings. The van der Waals surface area contributed by atoms with E-state index in [1.54, 1.807) is 0 Å². The van der Waals surface area contributed by atoms with Crippen LogP contribution in [0.4, 0.5) is 9.52 Å². The molecule has 0 radical (unpaired) electrons. The molecule has 33 heavy (non-hydrogen) atoms. The van der Waals surface area contributed by atoms with E-state index in [4.69, 9.17) is 15.3 Å². The molecule has 3 rings (SSSR count). The fraction of sp³-hybridized carbons (Fsp3) is 0.412. The molecule has 0 aliphatic carbocycles. The van der Waals surface area contributed by atoms with Gasteiger partial charge in [0.25, 0.3) is 11.8 Å². The number of halogens is 1. The number of carboxylic acids is 1. The molecule has 0 saturated carbocycles. The molecule has 1 aromatic heterocycles. The number of hydrogen-bond donors (Lipinski definition) is 2. The maximum absolute atomic E-state index is 12.8. The summed E-state index contributed by atoms with van der Waals surface area (Å²) >= 11 is 2.22. The number of hydrogen-bond acceptors (Lipinski definition) is 12. The van der Waals surface area contributed by atoms with Crippen LogP contribution in [0, 0.1) is 0 Å². The molecule has 1 saturated heterocycles. The van der Waals surface area contributed by atoms with Crippen molar-refractivity contribution in [3.8, 4) is 0 Å². The maximum Gasteiger partial charge on any atom is 1.00 e. The smallest absolute Gasteiger partial charge is 0.543 e. The summed E-state index contributed by atoms with van der Waals surface area (Å²) in [6, 6.07) is -1.07. The Bertz CT molecular complexity index is 1020. The number of nitrogens with zero attached hydrogens (tertiary/aromatic N) is 3. The van der Waals surface area contributed by atoms with Crippen molar-refractivity contribution < 1.29 is 67.8 Å². The monoisotopic (exact) mass is 509 g/mol. The van der Waals surface area contributed by atoms with Gasteiger partial charge in [0, 0.05) is 23.6 Å². The van der Waals surface area contributed by atoms with E-state index in [0.29, 0.717) is 0 Å². The minimum Gasteiger partial charge on any atom is -0.543 e. The van der Waals surface area contributed by atoms with Crippen molar-refractivity contribution in [1.82, 2.24) is 15.2 Å². The first kappa shape index (κ1) is 27.0. The largest absolute Gasteiger partial charge is 1.00 e. The first-order chi connectivity index (χ1) is 15.2. The standard InChI is InChI=1S/C17H18FN5O7S2.Na/c1-7(24)29-4-8-5-31-15-11(14(26)23(15)12(8)16(27)28)21-13(25)10(22-30-3-2-18)9-6-32-17(19)20-9;/h6,11,15H,2-5H2,1H3,(H2,19,20)(H,21,25)(H,27,28);/q;+1/p-1/b22-10-;/t11-,15-;/m1./s1. The van der Waals surface area contributed by atoms with Gasteiger partial charge in [-0.15, -0.1) is 23.1 Å². The van der Waals surface area contributed by atoms with Crippen molar-refractivity contribution in [2.24, 2.45) is 5.16 Å². The van der Waals surface area contributed by atoms with E-state index in [9.17, 15) is 28.7 Å². The summed E-state index contributed by atoms with van der Waals surface area (Å²) in [6.45, 7) is -0.353. The van der Waals surface area contributed by atoms with Gasteiger partial charge in [-0.05, 0) is 0 Å². The number of ether oxygens (including phenoxy) is 1. The first-order valence-electron chi connectivity index (χ1n) is 9.04. The number of thiazole rings is 1. The second-order valence-corrected chi connectivity index (χ2v) is 8.41. The van der Waals surface area contributed by atoms with Crippen molar-refractivity contribution in [3.05, 3.63) is 22.3 Å². The van der Waals surface area contributed by atoms with Crippen molar-refractivity contribution in [2.75, 3.05) is 31.4 Å². The Hall–Kier alpha value is -2.20. The van der Waals surface area contributed by atoms with E-state index >= 15 is 0 Å². The van der Waals surface area contributed by atoms with Crippen LogP contribution in [0.2, 0.25) is 0 Å². The molecular formula is C17H17FN5NaO7S2. The number of rotatable bonds is 9. The summed E-state index contributed by atoms with van der Waals surface area (Å²) in [4.78, 5) is 57.8. The Labute approximate surface area is 217 Å².